The standard InChI is InChI=1S/C16H22BrClN2O/c1-3-19(4-2)12-8-10-20(11-9-12)16(21)13-6-5-7-14(17)15(13)18/h5-7,12H,3-4,8-11H2,1-2H3. The third-order valence-corrected chi connectivity index (χ3v) is 5.56. The third kappa shape index (κ3) is 3.79. The van der Waals surface area contributed by atoms with E-state index in [0.717, 1.165) is 43.5 Å². The summed E-state index contributed by atoms with van der Waals surface area (Å²) in [7, 11) is 0. The summed E-state index contributed by atoms with van der Waals surface area (Å²) in [6.45, 7) is 8.16. The van der Waals surface area contributed by atoms with Crippen LogP contribution in [0.2, 0.25) is 5.02 Å². The molecule has 1 saturated heterocycles. The number of halogens is 2. The molecule has 0 N–H and O–H groups in total. The molecule has 0 aromatic heterocycles. The number of amides is 1. The Bertz CT molecular complexity index is 497. The Morgan fingerprint density at radius 1 is 1.33 bits per heavy atom. The molecule has 21 heavy (non-hydrogen) atoms. The van der Waals surface area contributed by atoms with Crippen LogP contribution < -0.4 is 0 Å². The molecule has 1 aromatic carbocycles. The minimum atomic E-state index is 0.0410. The van der Waals surface area contributed by atoms with E-state index in [1.54, 1.807) is 6.07 Å². The van der Waals surface area contributed by atoms with Crippen LogP contribution in [0.1, 0.15) is 37.0 Å². The molecule has 0 saturated carbocycles. The smallest absolute Gasteiger partial charge is 0.255 e. The fraction of sp³-hybridized carbons (Fsp3) is 0.562. The van der Waals surface area contributed by atoms with Crippen molar-refractivity contribution in [1.82, 2.24) is 9.80 Å². The molecule has 0 spiro atoms. The summed E-state index contributed by atoms with van der Waals surface area (Å²) in [5, 5.41) is 0.508. The highest BCUT2D eigenvalue weighted by molar-refractivity contribution is 9.10. The van der Waals surface area contributed by atoms with Gasteiger partial charge in [0, 0.05) is 23.6 Å². The first-order valence-corrected chi connectivity index (χ1v) is 8.72. The average molecular weight is 374 g/mol. The van der Waals surface area contributed by atoms with Gasteiger partial charge in [-0.1, -0.05) is 31.5 Å². The molecule has 1 fully saturated rings. The van der Waals surface area contributed by atoms with Gasteiger partial charge in [-0.2, -0.15) is 0 Å². The molecule has 1 heterocycles. The van der Waals surface area contributed by atoms with Crippen molar-refractivity contribution in [2.45, 2.75) is 32.7 Å². The molecule has 0 atom stereocenters. The highest BCUT2D eigenvalue weighted by Gasteiger charge is 2.27. The fourth-order valence-corrected chi connectivity index (χ4v) is 3.59. The molecule has 2 rings (SSSR count). The Balaban J connectivity index is 2.02. The monoisotopic (exact) mass is 372 g/mol. The molecule has 1 aliphatic heterocycles. The highest BCUT2D eigenvalue weighted by Crippen LogP contribution is 2.28. The van der Waals surface area contributed by atoms with E-state index < -0.39 is 0 Å². The van der Waals surface area contributed by atoms with Gasteiger partial charge in [-0.05, 0) is 54.0 Å². The summed E-state index contributed by atoms with van der Waals surface area (Å²) in [5.41, 5.74) is 0.590. The van der Waals surface area contributed by atoms with Crippen molar-refractivity contribution < 1.29 is 4.79 Å². The lowest BCUT2D eigenvalue weighted by Crippen LogP contribution is -2.46. The van der Waals surface area contributed by atoms with E-state index in [1.807, 2.05) is 17.0 Å². The van der Waals surface area contributed by atoms with Crippen LogP contribution in [0.15, 0.2) is 22.7 Å². The first-order chi connectivity index (χ1) is 10.1. The molecule has 3 nitrogen and oxygen atoms in total. The summed E-state index contributed by atoms with van der Waals surface area (Å²) in [5.74, 6) is 0.0410. The van der Waals surface area contributed by atoms with Crippen LogP contribution in [-0.2, 0) is 0 Å². The van der Waals surface area contributed by atoms with Gasteiger partial charge in [-0.15, -0.1) is 0 Å². The number of carbonyl (C=O) groups is 1. The summed E-state index contributed by atoms with van der Waals surface area (Å²) >= 11 is 9.61. The van der Waals surface area contributed by atoms with Gasteiger partial charge in [0.25, 0.3) is 5.91 Å². The first kappa shape index (κ1) is 16.8. The lowest BCUT2D eigenvalue weighted by Gasteiger charge is -2.37. The molecule has 1 aliphatic rings. The van der Waals surface area contributed by atoms with Gasteiger partial charge in [0.15, 0.2) is 0 Å². The molecule has 1 amide bonds. The number of hydrogen-bond donors (Lipinski definition) is 0. The Morgan fingerprint density at radius 2 is 1.95 bits per heavy atom. The van der Waals surface area contributed by atoms with Gasteiger partial charge < -0.3 is 9.80 Å². The molecular formula is C16H22BrClN2O. The minimum Gasteiger partial charge on any atom is -0.338 e. The Kier molecular flexibility index (Phi) is 6.08. The topological polar surface area (TPSA) is 23.6 Å². The minimum absolute atomic E-state index is 0.0410. The van der Waals surface area contributed by atoms with Crippen LogP contribution in [0.5, 0.6) is 0 Å². The van der Waals surface area contributed by atoms with E-state index in [2.05, 4.69) is 34.7 Å². The first-order valence-electron chi connectivity index (χ1n) is 7.55. The maximum Gasteiger partial charge on any atom is 0.255 e. The van der Waals surface area contributed by atoms with Crippen molar-refractivity contribution in [1.29, 1.82) is 0 Å². The van der Waals surface area contributed by atoms with E-state index in [-0.39, 0.29) is 5.91 Å². The summed E-state index contributed by atoms with van der Waals surface area (Å²) < 4.78 is 0.771. The van der Waals surface area contributed by atoms with Gasteiger partial charge in [-0.25, -0.2) is 0 Å². The molecule has 1 aromatic rings. The van der Waals surface area contributed by atoms with E-state index >= 15 is 0 Å². The van der Waals surface area contributed by atoms with Gasteiger partial charge in [0.2, 0.25) is 0 Å². The molecule has 0 aliphatic carbocycles. The highest BCUT2D eigenvalue weighted by atomic mass is 79.9. The number of likely N-dealkylation sites (tertiary alicyclic amines) is 1. The number of rotatable bonds is 4. The van der Waals surface area contributed by atoms with Crippen LogP contribution in [0.3, 0.4) is 0 Å². The van der Waals surface area contributed by atoms with Gasteiger partial charge >= 0.3 is 0 Å². The third-order valence-electron chi connectivity index (χ3n) is 4.26. The zero-order valence-corrected chi connectivity index (χ0v) is 15.0. The second-order valence-electron chi connectivity index (χ2n) is 5.35. The number of piperidine rings is 1. The van der Waals surface area contributed by atoms with E-state index in [9.17, 15) is 4.79 Å². The molecular weight excluding hydrogens is 352 g/mol. The summed E-state index contributed by atoms with van der Waals surface area (Å²) in [6, 6.07) is 6.10. The predicted octanol–water partition coefficient (Wildman–Crippen LogP) is 4.05. The quantitative estimate of drug-likeness (QED) is 0.795. The van der Waals surface area contributed by atoms with E-state index in [0.29, 0.717) is 16.6 Å². The summed E-state index contributed by atoms with van der Waals surface area (Å²) in [4.78, 5) is 17.0. The van der Waals surface area contributed by atoms with Crippen molar-refractivity contribution in [2.24, 2.45) is 0 Å². The van der Waals surface area contributed by atoms with Crippen LogP contribution >= 0.6 is 27.5 Å². The van der Waals surface area contributed by atoms with E-state index in [1.165, 1.54) is 0 Å². The average Bonchev–Trinajstić information content (AvgIpc) is 2.51. The Morgan fingerprint density at radius 3 is 2.52 bits per heavy atom. The SMILES string of the molecule is CCN(CC)C1CCN(C(=O)c2cccc(Br)c2Cl)CC1. The van der Waals surface area contributed by atoms with Crippen molar-refractivity contribution in [3.8, 4) is 0 Å². The predicted molar refractivity (Wildman–Crippen MR) is 91.0 cm³/mol. The second kappa shape index (κ2) is 7.61. The number of benzene rings is 1. The number of hydrogen-bond acceptors (Lipinski definition) is 2. The van der Waals surface area contributed by atoms with Crippen LogP contribution in [0.4, 0.5) is 0 Å². The van der Waals surface area contributed by atoms with Crippen molar-refractivity contribution in [3.63, 3.8) is 0 Å². The van der Waals surface area contributed by atoms with Crippen molar-refractivity contribution in [3.05, 3.63) is 33.3 Å². The van der Waals surface area contributed by atoms with Crippen LogP contribution in [0, 0.1) is 0 Å². The van der Waals surface area contributed by atoms with Crippen molar-refractivity contribution >= 4 is 33.4 Å². The number of nitrogens with zero attached hydrogens (tertiary/aromatic N) is 2. The molecule has 5 heteroatoms. The zero-order valence-electron chi connectivity index (χ0n) is 12.6. The maximum atomic E-state index is 12.6. The molecule has 0 unspecified atom stereocenters. The lowest BCUT2D eigenvalue weighted by molar-refractivity contribution is 0.0631. The van der Waals surface area contributed by atoms with E-state index in [4.69, 9.17) is 11.6 Å². The molecule has 116 valence electrons. The van der Waals surface area contributed by atoms with Crippen LogP contribution in [-0.4, -0.2) is 47.9 Å². The lowest BCUT2D eigenvalue weighted by atomic mass is 10.0. The second-order valence-corrected chi connectivity index (χ2v) is 6.58. The fourth-order valence-electron chi connectivity index (χ4n) is 3.01. The maximum absolute atomic E-state index is 12.6. The Hall–Kier alpha value is -0.580. The van der Waals surface area contributed by atoms with Gasteiger partial charge in [0.1, 0.15) is 0 Å². The van der Waals surface area contributed by atoms with Gasteiger partial charge in [-0.3, -0.25) is 4.79 Å². The normalized spacial score (nSPS) is 16.5. The van der Waals surface area contributed by atoms with Crippen LogP contribution in [0.25, 0.3) is 0 Å². The molecule has 0 radical (unpaired) electrons. The largest absolute Gasteiger partial charge is 0.338 e. The van der Waals surface area contributed by atoms with Gasteiger partial charge in [0.05, 0.1) is 10.6 Å². The summed E-state index contributed by atoms with van der Waals surface area (Å²) in [6.07, 6.45) is 2.08. The number of carbonyl (C=O) groups excluding carboxylic acids is 1. The molecule has 0 bridgehead atoms. The Labute approximate surface area is 140 Å². The van der Waals surface area contributed by atoms with Crippen molar-refractivity contribution in [2.75, 3.05) is 26.2 Å². The zero-order chi connectivity index (χ0) is 15.4.